The molecule has 0 aliphatic rings. The Morgan fingerprint density at radius 2 is 2.19 bits per heavy atom. The summed E-state index contributed by atoms with van der Waals surface area (Å²) in [5.74, 6) is 1.81. The number of anilines is 2. The van der Waals surface area contributed by atoms with Crippen molar-refractivity contribution in [3.05, 3.63) is 6.20 Å². The molecule has 0 amide bonds. The van der Waals surface area contributed by atoms with Crippen LogP contribution < -0.4 is 10.6 Å². The van der Waals surface area contributed by atoms with Crippen molar-refractivity contribution in [2.45, 2.75) is 13.8 Å². The monoisotopic (exact) mass is 225 g/mol. The fourth-order valence-electron chi connectivity index (χ4n) is 1.04. The van der Waals surface area contributed by atoms with E-state index < -0.39 is 0 Å². The maximum absolute atomic E-state index is 4.93. The first-order chi connectivity index (χ1) is 7.72. The van der Waals surface area contributed by atoms with Crippen molar-refractivity contribution in [3.63, 3.8) is 0 Å². The van der Waals surface area contributed by atoms with Gasteiger partial charge in [-0.3, -0.25) is 0 Å². The van der Waals surface area contributed by atoms with Gasteiger partial charge >= 0.3 is 0 Å². The molecule has 0 radical (unpaired) electrons. The van der Waals surface area contributed by atoms with Gasteiger partial charge < -0.3 is 15.4 Å². The van der Waals surface area contributed by atoms with E-state index in [1.165, 1.54) is 0 Å². The lowest BCUT2D eigenvalue weighted by Gasteiger charge is -2.08. The minimum absolute atomic E-state index is 0.550. The molecule has 0 fully saturated rings. The van der Waals surface area contributed by atoms with Gasteiger partial charge in [-0.2, -0.15) is 10.1 Å². The van der Waals surface area contributed by atoms with Crippen LogP contribution in [0.15, 0.2) is 6.20 Å². The second kappa shape index (κ2) is 6.95. The van der Waals surface area contributed by atoms with Gasteiger partial charge in [0.25, 0.3) is 0 Å². The molecule has 0 saturated carbocycles. The van der Waals surface area contributed by atoms with Gasteiger partial charge in [0.1, 0.15) is 0 Å². The van der Waals surface area contributed by atoms with Crippen LogP contribution in [-0.2, 0) is 4.74 Å². The van der Waals surface area contributed by atoms with Gasteiger partial charge in [-0.1, -0.05) is 13.8 Å². The van der Waals surface area contributed by atoms with Gasteiger partial charge in [0.15, 0.2) is 5.82 Å². The van der Waals surface area contributed by atoms with Crippen LogP contribution in [0.25, 0.3) is 0 Å². The molecule has 0 aliphatic carbocycles. The topological polar surface area (TPSA) is 72.0 Å². The van der Waals surface area contributed by atoms with E-state index in [9.17, 15) is 0 Å². The van der Waals surface area contributed by atoms with Crippen molar-refractivity contribution in [1.29, 1.82) is 0 Å². The van der Waals surface area contributed by atoms with Crippen LogP contribution in [0, 0.1) is 5.92 Å². The molecule has 0 bridgehead atoms. The van der Waals surface area contributed by atoms with Gasteiger partial charge in [-0.15, -0.1) is 5.10 Å². The maximum atomic E-state index is 4.93. The summed E-state index contributed by atoms with van der Waals surface area (Å²) in [4.78, 5) is 4.27. The van der Waals surface area contributed by atoms with E-state index in [2.05, 4.69) is 39.7 Å². The maximum Gasteiger partial charge on any atom is 0.244 e. The third kappa shape index (κ3) is 4.88. The molecule has 2 N–H and O–H groups in total. The van der Waals surface area contributed by atoms with Crippen LogP contribution >= 0.6 is 0 Å². The first-order valence-electron chi connectivity index (χ1n) is 5.38. The van der Waals surface area contributed by atoms with E-state index in [-0.39, 0.29) is 0 Å². The summed E-state index contributed by atoms with van der Waals surface area (Å²) in [6, 6.07) is 0. The van der Waals surface area contributed by atoms with Gasteiger partial charge in [0.05, 0.1) is 12.8 Å². The molecule has 1 aromatic heterocycles. The Balaban J connectivity index is 2.43. The molecule has 0 aromatic carbocycles. The Kier molecular flexibility index (Phi) is 5.49. The number of rotatable bonds is 7. The molecule has 1 rings (SSSR count). The lowest BCUT2D eigenvalue weighted by Crippen LogP contribution is -2.14. The number of nitrogens with zero attached hydrogens (tertiary/aromatic N) is 3. The molecule has 0 saturated heterocycles. The number of aromatic nitrogens is 3. The predicted molar refractivity (Wildman–Crippen MR) is 63.5 cm³/mol. The molecule has 16 heavy (non-hydrogen) atoms. The summed E-state index contributed by atoms with van der Waals surface area (Å²) in [5.41, 5.74) is 0. The number of methoxy groups -OCH3 is 1. The van der Waals surface area contributed by atoms with E-state index in [1.54, 1.807) is 13.3 Å². The SMILES string of the molecule is COCCNc1cnnc(NCC(C)C)n1. The highest BCUT2D eigenvalue weighted by molar-refractivity contribution is 5.36. The Hall–Kier alpha value is -1.43. The molecule has 0 atom stereocenters. The van der Waals surface area contributed by atoms with E-state index in [0.29, 0.717) is 30.8 Å². The van der Waals surface area contributed by atoms with Crippen molar-refractivity contribution < 1.29 is 4.74 Å². The Bertz CT molecular complexity index is 305. The van der Waals surface area contributed by atoms with Gasteiger partial charge in [-0.25, -0.2) is 0 Å². The molecule has 1 heterocycles. The zero-order valence-electron chi connectivity index (χ0n) is 10.0. The van der Waals surface area contributed by atoms with E-state index in [1.807, 2.05) is 0 Å². The summed E-state index contributed by atoms with van der Waals surface area (Å²) >= 11 is 0. The first-order valence-corrected chi connectivity index (χ1v) is 5.38. The molecule has 0 unspecified atom stereocenters. The summed E-state index contributed by atoms with van der Waals surface area (Å²) < 4.78 is 4.93. The molecule has 6 heteroatoms. The summed E-state index contributed by atoms with van der Waals surface area (Å²) in [6.45, 7) is 6.43. The van der Waals surface area contributed by atoms with Crippen LogP contribution in [-0.4, -0.2) is 42.0 Å². The fourth-order valence-corrected chi connectivity index (χ4v) is 1.04. The second-order valence-electron chi connectivity index (χ2n) is 3.86. The molecular weight excluding hydrogens is 206 g/mol. The normalized spacial score (nSPS) is 10.5. The largest absolute Gasteiger partial charge is 0.383 e. The zero-order chi connectivity index (χ0) is 11.8. The number of hydrogen-bond acceptors (Lipinski definition) is 6. The quantitative estimate of drug-likeness (QED) is 0.674. The molecular formula is C10H19N5O. The van der Waals surface area contributed by atoms with E-state index >= 15 is 0 Å². The van der Waals surface area contributed by atoms with E-state index in [4.69, 9.17) is 4.74 Å². The van der Waals surface area contributed by atoms with Crippen LogP contribution in [0.3, 0.4) is 0 Å². The van der Waals surface area contributed by atoms with Crippen LogP contribution in [0.4, 0.5) is 11.8 Å². The fraction of sp³-hybridized carbons (Fsp3) is 0.700. The Morgan fingerprint density at radius 1 is 1.38 bits per heavy atom. The zero-order valence-corrected chi connectivity index (χ0v) is 10.0. The van der Waals surface area contributed by atoms with Gasteiger partial charge in [0, 0.05) is 20.2 Å². The van der Waals surface area contributed by atoms with Gasteiger partial charge in [0.2, 0.25) is 5.95 Å². The molecule has 1 aromatic rings. The minimum atomic E-state index is 0.550. The molecule has 6 nitrogen and oxygen atoms in total. The van der Waals surface area contributed by atoms with Crippen molar-refractivity contribution in [2.24, 2.45) is 5.92 Å². The van der Waals surface area contributed by atoms with Crippen molar-refractivity contribution in [2.75, 3.05) is 37.4 Å². The highest BCUT2D eigenvalue weighted by Gasteiger charge is 2.00. The molecule has 0 aliphatic heterocycles. The standard InChI is InChI=1S/C10H19N5O/c1-8(2)6-12-10-14-9(7-13-15-10)11-4-5-16-3/h7-8H,4-6H2,1-3H3,(H2,11,12,14,15). The molecule has 90 valence electrons. The third-order valence-electron chi connectivity index (χ3n) is 1.84. The number of ether oxygens (including phenoxy) is 1. The Morgan fingerprint density at radius 3 is 2.88 bits per heavy atom. The van der Waals surface area contributed by atoms with Crippen molar-refractivity contribution in [1.82, 2.24) is 15.2 Å². The summed E-state index contributed by atoms with van der Waals surface area (Å²) in [5, 5.41) is 14.0. The summed E-state index contributed by atoms with van der Waals surface area (Å²) in [6.07, 6.45) is 1.59. The third-order valence-corrected chi connectivity index (χ3v) is 1.84. The smallest absolute Gasteiger partial charge is 0.244 e. The lowest BCUT2D eigenvalue weighted by molar-refractivity contribution is 0.210. The van der Waals surface area contributed by atoms with Crippen LogP contribution in [0.2, 0.25) is 0 Å². The first kappa shape index (κ1) is 12.6. The predicted octanol–water partition coefficient (Wildman–Crippen LogP) is 0.998. The Labute approximate surface area is 95.8 Å². The second-order valence-corrected chi connectivity index (χ2v) is 3.86. The number of nitrogens with one attached hydrogen (secondary N) is 2. The average molecular weight is 225 g/mol. The van der Waals surface area contributed by atoms with E-state index in [0.717, 1.165) is 6.54 Å². The van der Waals surface area contributed by atoms with Crippen LogP contribution in [0.5, 0.6) is 0 Å². The minimum Gasteiger partial charge on any atom is -0.383 e. The van der Waals surface area contributed by atoms with Gasteiger partial charge in [-0.05, 0) is 5.92 Å². The highest BCUT2D eigenvalue weighted by Crippen LogP contribution is 2.03. The molecule has 0 spiro atoms. The lowest BCUT2D eigenvalue weighted by atomic mass is 10.2. The van der Waals surface area contributed by atoms with Crippen molar-refractivity contribution in [3.8, 4) is 0 Å². The highest BCUT2D eigenvalue weighted by atomic mass is 16.5. The number of hydrogen-bond donors (Lipinski definition) is 2. The summed E-state index contributed by atoms with van der Waals surface area (Å²) in [7, 11) is 1.66. The van der Waals surface area contributed by atoms with Crippen LogP contribution in [0.1, 0.15) is 13.8 Å². The van der Waals surface area contributed by atoms with Crippen molar-refractivity contribution >= 4 is 11.8 Å². The average Bonchev–Trinajstić information content (AvgIpc) is 2.27.